The van der Waals surface area contributed by atoms with Gasteiger partial charge in [-0.15, -0.1) is 0 Å². The maximum Gasteiger partial charge on any atom is 0.228 e. The van der Waals surface area contributed by atoms with E-state index in [1.54, 1.807) is 0 Å². The van der Waals surface area contributed by atoms with Crippen LogP contribution in [0.2, 0.25) is 0 Å². The summed E-state index contributed by atoms with van der Waals surface area (Å²) in [5.41, 5.74) is 5.36. The molecule has 0 radical (unpaired) electrons. The van der Waals surface area contributed by atoms with Crippen LogP contribution in [0.3, 0.4) is 0 Å². The fourth-order valence-corrected chi connectivity index (χ4v) is 1.41. The summed E-state index contributed by atoms with van der Waals surface area (Å²) in [6, 6.07) is 0. The molecule has 2 rings (SSSR count). The van der Waals surface area contributed by atoms with Gasteiger partial charge in [-0.3, -0.25) is 0 Å². The molecule has 0 aliphatic carbocycles. The van der Waals surface area contributed by atoms with Gasteiger partial charge in [-0.25, -0.2) is 0 Å². The lowest BCUT2D eigenvalue weighted by atomic mass is 10.2. The van der Waals surface area contributed by atoms with Crippen LogP contribution in [0.15, 0.2) is 4.52 Å². The van der Waals surface area contributed by atoms with E-state index in [1.807, 2.05) is 0 Å². The van der Waals surface area contributed by atoms with Crippen molar-refractivity contribution < 1.29 is 9.26 Å². The Morgan fingerprint density at radius 1 is 1.54 bits per heavy atom. The van der Waals surface area contributed by atoms with Crippen LogP contribution in [0.25, 0.3) is 0 Å². The van der Waals surface area contributed by atoms with Crippen LogP contribution in [-0.2, 0) is 11.2 Å². The zero-order chi connectivity index (χ0) is 9.10. The molecule has 0 saturated carbocycles. The van der Waals surface area contributed by atoms with Gasteiger partial charge < -0.3 is 15.0 Å². The molecule has 1 unspecified atom stereocenters. The summed E-state index contributed by atoms with van der Waals surface area (Å²) in [7, 11) is 0. The van der Waals surface area contributed by atoms with E-state index in [2.05, 4.69) is 10.1 Å². The molecule has 5 heteroatoms. The van der Waals surface area contributed by atoms with Gasteiger partial charge in [0.15, 0.2) is 0 Å². The normalized spacial score (nSPS) is 22.4. The molecule has 13 heavy (non-hydrogen) atoms. The minimum Gasteiger partial charge on any atom is -0.370 e. The van der Waals surface area contributed by atoms with Crippen LogP contribution < -0.4 is 5.73 Å². The van der Waals surface area contributed by atoms with Crippen LogP contribution in [-0.4, -0.2) is 23.3 Å². The molecule has 1 aromatic rings. The Balaban J connectivity index is 2.03. The van der Waals surface area contributed by atoms with Crippen molar-refractivity contribution in [2.75, 3.05) is 13.2 Å². The van der Waals surface area contributed by atoms with Crippen molar-refractivity contribution in [3.8, 4) is 0 Å². The Labute approximate surface area is 76.3 Å². The maximum atomic E-state index is 5.41. The van der Waals surface area contributed by atoms with Crippen molar-refractivity contribution in [1.82, 2.24) is 10.1 Å². The Morgan fingerprint density at radius 2 is 2.46 bits per heavy atom. The zero-order valence-corrected chi connectivity index (χ0v) is 7.40. The van der Waals surface area contributed by atoms with Crippen molar-refractivity contribution in [3.63, 3.8) is 0 Å². The second kappa shape index (κ2) is 3.85. The van der Waals surface area contributed by atoms with Crippen LogP contribution in [0, 0.1) is 0 Å². The Hall–Kier alpha value is -0.940. The minimum atomic E-state index is 0.0373. The molecule has 5 nitrogen and oxygen atoms in total. The molecule has 2 heterocycles. The molecule has 1 aromatic heterocycles. The van der Waals surface area contributed by atoms with Crippen LogP contribution in [0.5, 0.6) is 0 Å². The summed E-state index contributed by atoms with van der Waals surface area (Å²) in [6.45, 7) is 1.33. The quantitative estimate of drug-likeness (QED) is 0.735. The van der Waals surface area contributed by atoms with Crippen molar-refractivity contribution in [2.45, 2.75) is 25.4 Å². The van der Waals surface area contributed by atoms with E-state index in [-0.39, 0.29) is 6.10 Å². The molecule has 1 saturated heterocycles. The lowest BCUT2D eigenvalue weighted by Gasteiger charge is -2.00. The van der Waals surface area contributed by atoms with E-state index < -0.39 is 0 Å². The average Bonchev–Trinajstić information content (AvgIpc) is 2.70. The summed E-state index contributed by atoms with van der Waals surface area (Å²) in [5, 5.41) is 3.85. The number of nitrogens with zero attached hydrogens (tertiary/aromatic N) is 2. The summed E-state index contributed by atoms with van der Waals surface area (Å²) >= 11 is 0. The monoisotopic (exact) mass is 183 g/mol. The van der Waals surface area contributed by atoms with Gasteiger partial charge in [0.05, 0.1) is 0 Å². The van der Waals surface area contributed by atoms with Crippen LogP contribution in [0.4, 0.5) is 0 Å². The molecular weight excluding hydrogens is 170 g/mol. The van der Waals surface area contributed by atoms with Gasteiger partial charge in [-0.2, -0.15) is 4.98 Å². The number of ether oxygens (including phenoxy) is 1. The third-order valence-corrected chi connectivity index (χ3v) is 2.06. The smallest absolute Gasteiger partial charge is 0.228 e. The van der Waals surface area contributed by atoms with Crippen molar-refractivity contribution in [1.29, 1.82) is 0 Å². The second-order valence-electron chi connectivity index (χ2n) is 3.09. The molecule has 0 amide bonds. The Bertz CT molecular complexity index is 268. The molecule has 1 fully saturated rings. The molecule has 1 aliphatic rings. The first-order chi connectivity index (χ1) is 6.40. The first-order valence-electron chi connectivity index (χ1n) is 4.54. The standard InChI is InChI=1S/C8H13N3O2/c9-4-3-7-10-8(11-13-7)6-2-1-5-12-6/h6H,1-5,9H2. The molecule has 72 valence electrons. The second-order valence-corrected chi connectivity index (χ2v) is 3.09. The number of hydrogen-bond acceptors (Lipinski definition) is 5. The molecule has 1 aliphatic heterocycles. The maximum absolute atomic E-state index is 5.41. The van der Waals surface area contributed by atoms with Crippen LogP contribution >= 0.6 is 0 Å². The molecule has 0 spiro atoms. The van der Waals surface area contributed by atoms with Gasteiger partial charge in [-0.1, -0.05) is 5.16 Å². The first kappa shape index (κ1) is 8.65. The van der Waals surface area contributed by atoms with Crippen molar-refractivity contribution >= 4 is 0 Å². The van der Waals surface area contributed by atoms with Crippen molar-refractivity contribution in [3.05, 3.63) is 11.7 Å². The average molecular weight is 183 g/mol. The molecular formula is C8H13N3O2. The number of nitrogens with two attached hydrogens (primary N) is 1. The molecule has 1 atom stereocenters. The Morgan fingerprint density at radius 3 is 3.15 bits per heavy atom. The zero-order valence-electron chi connectivity index (χ0n) is 7.40. The third kappa shape index (κ3) is 1.87. The first-order valence-corrected chi connectivity index (χ1v) is 4.54. The third-order valence-electron chi connectivity index (χ3n) is 2.06. The fourth-order valence-electron chi connectivity index (χ4n) is 1.41. The summed E-state index contributed by atoms with van der Waals surface area (Å²) in [4.78, 5) is 4.20. The van der Waals surface area contributed by atoms with E-state index in [4.69, 9.17) is 15.0 Å². The summed E-state index contributed by atoms with van der Waals surface area (Å²) < 4.78 is 10.4. The summed E-state index contributed by atoms with van der Waals surface area (Å²) in [6.07, 6.45) is 2.74. The Kier molecular flexibility index (Phi) is 2.56. The predicted molar refractivity (Wildman–Crippen MR) is 45.0 cm³/mol. The molecule has 2 N–H and O–H groups in total. The van der Waals surface area contributed by atoms with E-state index in [0.29, 0.717) is 24.7 Å². The lowest BCUT2D eigenvalue weighted by molar-refractivity contribution is 0.103. The highest BCUT2D eigenvalue weighted by atomic mass is 16.5. The van der Waals surface area contributed by atoms with Gasteiger partial charge in [0.1, 0.15) is 6.10 Å². The van der Waals surface area contributed by atoms with Gasteiger partial charge >= 0.3 is 0 Å². The number of hydrogen-bond donors (Lipinski definition) is 1. The number of rotatable bonds is 3. The van der Waals surface area contributed by atoms with Gasteiger partial charge in [0, 0.05) is 19.6 Å². The van der Waals surface area contributed by atoms with Gasteiger partial charge in [0.2, 0.25) is 11.7 Å². The van der Waals surface area contributed by atoms with E-state index in [0.717, 1.165) is 19.4 Å². The fraction of sp³-hybridized carbons (Fsp3) is 0.750. The molecule has 0 aromatic carbocycles. The van der Waals surface area contributed by atoms with Crippen LogP contribution in [0.1, 0.15) is 30.7 Å². The van der Waals surface area contributed by atoms with Crippen molar-refractivity contribution in [2.24, 2.45) is 5.73 Å². The SMILES string of the molecule is NCCc1nc(C2CCCO2)no1. The van der Waals surface area contributed by atoms with Gasteiger partial charge in [-0.05, 0) is 12.8 Å². The highest BCUT2D eigenvalue weighted by molar-refractivity contribution is 4.93. The summed E-state index contributed by atoms with van der Waals surface area (Å²) in [5.74, 6) is 1.27. The minimum absolute atomic E-state index is 0.0373. The topological polar surface area (TPSA) is 74.2 Å². The van der Waals surface area contributed by atoms with E-state index in [9.17, 15) is 0 Å². The largest absolute Gasteiger partial charge is 0.370 e. The number of aromatic nitrogens is 2. The van der Waals surface area contributed by atoms with E-state index >= 15 is 0 Å². The highest BCUT2D eigenvalue weighted by Crippen LogP contribution is 2.25. The molecule has 0 bridgehead atoms. The van der Waals surface area contributed by atoms with E-state index in [1.165, 1.54) is 0 Å². The lowest BCUT2D eigenvalue weighted by Crippen LogP contribution is -2.03. The highest BCUT2D eigenvalue weighted by Gasteiger charge is 2.22. The van der Waals surface area contributed by atoms with Gasteiger partial charge in [0.25, 0.3) is 0 Å². The predicted octanol–water partition coefficient (Wildman–Crippen LogP) is 0.422.